The molecule has 0 saturated carbocycles. The third-order valence-corrected chi connectivity index (χ3v) is 7.39. The molecule has 3 N–H and O–H groups in total. The number of rotatable bonds is 12. The molecule has 0 bridgehead atoms. The minimum atomic E-state index is -2.45. The molecule has 0 saturated heterocycles. The summed E-state index contributed by atoms with van der Waals surface area (Å²) in [7, 11) is 0. The molecule has 38 heavy (non-hydrogen) atoms. The van der Waals surface area contributed by atoms with Crippen molar-refractivity contribution in [3.63, 3.8) is 0 Å². The third-order valence-electron chi connectivity index (χ3n) is 5.27. The van der Waals surface area contributed by atoms with Crippen LogP contribution in [0.4, 0.5) is 5.69 Å². The van der Waals surface area contributed by atoms with Gasteiger partial charge in [-0.25, -0.2) is 10.5 Å². The summed E-state index contributed by atoms with van der Waals surface area (Å²) in [6.45, 7) is 9.26. The number of benzene rings is 1. The summed E-state index contributed by atoms with van der Waals surface area (Å²) in [5.74, 6) is -1.79. The summed E-state index contributed by atoms with van der Waals surface area (Å²) >= 11 is 0.640. The number of esters is 1. The molecule has 0 aliphatic rings. The van der Waals surface area contributed by atoms with Gasteiger partial charge in [-0.15, -0.1) is 27.0 Å². The van der Waals surface area contributed by atoms with Crippen molar-refractivity contribution in [2.45, 2.75) is 59.1 Å². The lowest BCUT2D eigenvalue weighted by Gasteiger charge is -2.26. The lowest BCUT2D eigenvalue weighted by Crippen LogP contribution is -2.41. The van der Waals surface area contributed by atoms with E-state index in [4.69, 9.17) is 14.3 Å². The van der Waals surface area contributed by atoms with Gasteiger partial charge in [0.25, 0.3) is 0 Å². The number of ether oxygens (including phenoxy) is 1. The van der Waals surface area contributed by atoms with Gasteiger partial charge in [0.2, 0.25) is 5.91 Å². The molecule has 2 aromatic heterocycles. The molecule has 9 nitrogen and oxygen atoms in total. The molecule has 1 unspecified atom stereocenters. The number of carbonyl (C=O) groups excluding carboxylic acids is 2. The molecule has 3 aromatic rings. The van der Waals surface area contributed by atoms with Crippen LogP contribution in [0.1, 0.15) is 58.3 Å². The van der Waals surface area contributed by atoms with Crippen LogP contribution >= 0.6 is 22.7 Å². The first-order valence-corrected chi connectivity index (χ1v) is 14.9. The Kier molecular flexibility index (Phi) is 10.6. The molecule has 0 radical (unpaired) electrons. The van der Waals surface area contributed by atoms with Crippen LogP contribution in [0.2, 0.25) is 0 Å². The molecule has 206 valence electrons. The summed E-state index contributed by atoms with van der Waals surface area (Å²) in [5, 5.41) is 7.82. The van der Waals surface area contributed by atoms with Crippen molar-refractivity contribution in [3.8, 4) is 9.88 Å². The lowest BCUT2D eigenvalue weighted by molar-refractivity contribution is -0.163. The standard InChI is InChI=1S/C26H33N3O6S3/c1-16(2)13-19(25(31)34-26(3,4)5)23(30)27-20(21-15-37-24(28-21)22-7-6-12-36-22)14-17-8-10-18(11-9-17)29-35-38(32)33/h6-12,15-16,19-20,29H,13-14H2,1-5H3,(H,27,30)(H,32,33)/t19-,20-/m0/s1. The molecule has 12 heteroatoms. The van der Waals surface area contributed by atoms with E-state index in [-0.39, 0.29) is 5.92 Å². The fourth-order valence-corrected chi connectivity index (χ4v) is 5.50. The van der Waals surface area contributed by atoms with Crippen molar-refractivity contribution in [1.82, 2.24) is 10.3 Å². The molecule has 0 aliphatic carbocycles. The van der Waals surface area contributed by atoms with E-state index in [1.54, 1.807) is 44.2 Å². The van der Waals surface area contributed by atoms with E-state index in [0.717, 1.165) is 15.4 Å². The predicted molar refractivity (Wildman–Crippen MR) is 151 cm³/mol. The number of carbonyl (C=O) groups is 2. The highest BCUT2D eigenvalue weighted by molar-refractivity contribution is 7.74. The summed E-state index contributed by atoms with van der Waals surface area (Å²) in [6.07, 6.45) is 0.771. The van der Waals surface area contributed by atoms with Gasteiger partial charge in [0, 0.05) is 5.38 Å². The van der Waals surface area contributed by atoms with Gasteiger partial charge in [0.15, 0.2) is 0 Å². The predicted octanol–water partition coefficient (Wildman–Crippen LogP) is 5.76. The van der Waals surface area contributed by atoms with E-state index >= 15 is 0 Å². The first-order chi connectivity index (χ1) is 17.9. The second-order valence-electron chi connectivity index (χ2n) is 10.1. The van der Waals surface area contributed by atoms with Crippen LogP contribution in [-0.4, -0.2) is 31.2 Å². The summed E-state index contributed by atoms with van der Waals surface area (Å²) < 4.78 is 29.6. The van der Waals surface area contributed by atoms with Gasteiger partial charge in [-0.3, -0.25) is 14.1 Å². The Labute approximate surface area is 233 Å². The Morgan fingerprint density at radius 3 is 2.42 bits per heavy atom. The summed E-state index contributed by atoms with van der Waals surface area (Å²) in [6, 6.07) is 10.5. The monoisotopic (exact) mass is 579 g/mol. The zero-order valence-electron chi connectivity index (χ0n) is 21.9. The number of hydrogen-bond acceptors (Lipinski definition) is 9. The van der Waals surface area contributed by atoms with Gasteiger partial charge in [-0.05, 0) is 68.7 Å². The Morgan fingerprint density at radius 2 is 1.84 bits per heavy atom. The minimum absolute atomic E-state index is 0.108. The van der Waals surface area contributed by atoms with E-state index in [1.807, 2.05) is 48.9 Å². The van der Waals surface area contributed by atoms with Crippen molar-refractivity contribution in [1.29, 1.82) is 0 Å². The number of nitrogens with one attached hydrogen (secondary N) is 2. The summed E-state index contributed by atoms with van der Waals surface area (Å²) in [5.41, 5.74) is 3.75. The first-order valence-electron chi connectivity index (χ1n) is 12.1. The molecule has 0 spiro atoms. The van der Waals surface area contributed by atoms with Gasteiger partial charge in [-0.1, -0.05) is 32.0 Å². The van der Waals surface area contributed by atoms with Crippen molar-refractivity contribution in [3.05, 3.63) is 58.4 Å². The van der Waals surface area contributed by atoms with Crippen molar-refractivity contribution < 1.29 is 27.4 Å². The molecule has 3 atom stereocenters. The maximum absolute atomic E-state index is 13.5. The highest BCUT2D eigenvalue weighted by Crippen LogP contribution is 2.31. The number of thiazole rings is 1. The Hall–Kier alpha value is -2.64. The van der Waals surface area contributed by atoms with Crippen molar-refractivity contribution >= 4 is 51.6 Å². The van der Waals surface area contributed by atoms with Crippen LogP contribution in [0.15, 0.2) is 47.2 Å². The number of nitrogens with zero attached hydrogens (tertiary/aromatic N) is 1. The lowest BCUT2D eigenvalue weighted by atomic mass is 9.95. The number of hydrogen-bond donors (Lipinski definition) is 3. The van der Waals surface area contributed by atoms with Crippen molar-refractivity contribution in [2.24, 2.45) is 11.8 Å². The largest absolute Gasteiger partial charge is 0.459 e. The van der Waals surface area contributed by atoms with Gasteiger partial charge in [0.1, 0.15) is 16.5 Å². The number of anilines is 1. The van der Waals surface area contributed by atoms with Crippen LogP contribution in [0, 0.1) is 11.8 Å². The smallest absolute Gasteiger partial charge is 0.324 e. The highest BCUT2D eigenvalue weighted by Gasteiger charge is 2.33. The maximum Gasteiger partial charge on any atom is 0.324 e. The molecule has 0 fully saturated rings. The maximum atomic E-state index is 13.5. The quantitative estimate of drug-likeness (QED) is 0.107. The average molecular weight is 580 g/mol. The third kappa shape index (κ3) is 9.28. The van der Waals surface area contributed by atoms with Crippen LogP contribution in [-0.2, 0) is 36.4 Å². The second kappa shape index (κ2) is 13.4. The fourth-order valence-electron chi connectivity index (χ4n) is 3.64. The number of amides is 1. The zero-order chi connectivity index (χ0) is 27.9. The van der Waals surface area contributed by atoms with Gasteiger partial charge in [0.05, 0.1) is 22.3 Å². The van der Waals surface area contributed by atoms with Gasteiger partial charge in [-0.2, -0.15) is 4.21 Å². The molecule has 1 amide bonds. The molecule has 3 rings (SSSR count). The Morgan fingerprint density at radius 1 is 1.13 bits per heavy atom. The van der Waals surface area contributed by atoms with Crippen LogP contribution in [0.5, 0.6) is 0 Å². The van der Waals surface area contributed by atoms with E-state index in [9.17, 15) is 13.8 Å². The normalized spacial score (nSPS) is 14.1. The number of aromatic nitrogens is 1. The van der Waals surface area contributed by atoms with Crippen molar-refractivity contribution in [2.75, 3.05) is 5.48 Å². The Balaban J connectivity index is 1.85. The number of thiophene rings is 1. The van der Waals surface area contributed by atoms with Gasteiger partial charge < -0.3 is 10.1 Å². The molecule has 0 aliphatic heterocycles. The first kappa shape index (κ1) is 29.9. The highest BCUT2D eigenvalue weighted by atomic mass is 32.2. The van der Waals surface area contributed by atoms with Gasteiger partial charge >= 0.3 is 17.3 Å². The van der Waals surface area contributed by atoms with E-state index in [1.165, 1.54) is 11.3 Å². The topological polar surface area (TPSA) is 127 Å². The second-order valence-corrected chi connectivity index (χ2v) is 12.5. The average Bonchev–Trinajstić information content (AvgIpc) is 3.52. The SMILES string of the molecule is CC(C)C[C@@H](C(=O)N[C@@H](Cc1ccc(NOS(=O)O)cc1)c1csc(-c2cccs2)n1)C(=O)OC(C)(C)C. The van der Waals surface area contributed by atoms with E-state index < -0.39 is 40.8 Å². The molecular formula is C26H33N3O6S3. The Bertz CT molecular complexity index is 1220. The molecule has 1 aromatic carbocycles. The zero-order valence-corrected chi connectivity index (χ0v) is 24.4. The molecule has 2 heterocycles. The van der Waals surface area contributed by atoms with E-state index in [2.05, 4.69) is 15.1 Å². The summed E-state index contributed by atoms with van der Waals surface area (Å²) in [4.78, 5) is 32.3. The van der Waals surface area contributed by atoms with Crippen LogP contribution in [0.3, 0.4) is 0 Å². The fraction of sp³-hybridized carbons (Fsp3) is 0.423. The minimum Gasteiger partial charge on any atom is -0.459 e. The van der Waals surface area contributed by atoms with E-state index in [0.29, 0.717) is 24.2 Å². The van der Waals surface area contributed by atoms with Crippen LogP contribution < -0.4 is 10.8 Å². The molecular weight excluding hydrogens is 547 g/mol. The van der Waals surface area contributed by atoms with Crippen LogP contribution in [0.25, 0.3) is 9.88 Å².